The zero-order valence-electron chi connectivity index (χ0n) is 19.6. The van der Waals surface area contributed by atoms with E-state index in [1.165, 1.54) is 0 Å². The molecule has 0 heterocycles. The highest BCUT2D eigenvalue weighted by Gasteiger charge is 2.31. The highest BCUT2D eigenvalue weighted by Crippen LogP contribution is 2.09. The Bertz CT molecular complexity index is 799. The minimum absolute atomic E-state index is 0.0588. The van der Waals surface area contributed by atoms with Crippen molar-refractivity contribution >= 4 is 23.7 Å². The molecule has 10 heteroatoms. The Labute approximate surface area is 194 Å². The molecular weight excluding hydrogens is 428 g/mol. The summed E-state index contributed by atoms with van der Waals surface area (Å²) in [6.45, 7) is 6.57. The van der Waals surface area contributed by atoms with Crippen molar-refractivity contribution in [2.45, 2.75) is 64.7 Å². The van der Waals surface area contributed by atoms with Gasteiger partial charge in [0.2, 0.25) is 17.7 Å². The lowest BCUT2D eigenvalue weighted by molar-refractivity contribution is -0.143. The number of carbonyl (C=O) groups is 4. The molecule has 0 saturated heterocycles. The quantitative estimate of drug-likeness (QED) is 0.234. The highest BCUT2D eigenvalue weighted by molar-refractivity contribution is 5.94. The first-order valence-corrected chi connectivity index (χ1v) is 11.0. The predicted molar refractivity (Wildman–Crippen MR) is 123 cm³/mol. The summed E-state index contributed by atoms with van der Waals surface area (Å²) >= 11 is 0. The van der Waals surface area contributed by atoms with E-state index < -0.39 is 54.5 Å². The molecule has 0 bridgehead atoms. The van der Waals surface area contributed by atoms with Crippen LogP contribution in [0.1, 0.15) is 39.7 Å². The number of carboxylic acid groups (broad SMARTS) is 1. The zero-order chi connectivity index (χ0) is 25.1. The fourth-order valence-corrected chi connectivity index (χ4v) is 3.06. The van der Waals surface area contributed by atoms with E-state index in [2.05, 4.69) is 16.0 Å². The van der Waals surface area contributed by atoms with Crippen molar-refractivity contribution in [2.24, 2.45) is 17.6 Å². The molecule has 10 nitrogen and oxygen atoms in total. The number of aliphatic hydroxyl groups is 1. The molecule has 1 aromatic carbocycles. The number of amides is 3. The number of nitrogens with one attached hydrogen (secondary N) is 3. The van der Waals surface area contributed by atoms with Crippen LogP contribution in [0.2, 0.25) is 0 Å². The lowest BCUT2D eigenvalue weighted by atomic mass is 9.99. The van der Waals surface area contributed by atoms with Crippen molar-refractivity contribution in [1.82, 2.24) is 16.0 Å². The van der Waals surface area contributed by atoms with Crippen LogP contribution in [0.25, 0.3) is 0 Å². The number of nitrogens with two attached hydrogens (primary N) is 1. The summed E-state index contributed by atoms with van der Waals surface area (Å²) < 4.78 is 0. The van der Waals surface area contributed by atoms with Crippen molar-refractivity contribution < 1.29 is 29.4 Å². The average molecular weight is 465 g/mol. The van der Waals surface area contributed by atoms with Crippen LogP contribution < -0.4 is 21.7 Å². The topological polar surface area (TPSA) is 171 Å². The third-order valence-electron chi connectivity index (χ3n) is 5.07. The van der Waals surface area contributed by atoms with Crippen molar-refractivity contribution in [3.63, 3.8) is 0 Å². The molecule has 7 N–H and O–H groups in total. The van der Waals surface area contributed by atoms with E-state index in [1.807, 2.05) is 13.8 Å². The molecule has 4 atom stereocenters. The normalized spacial score (nSPS) is 14.8. The van der Waals surface area contributed by atoms with Crippen molar-refractivity contribution in [3.8, 4) is 0 Å². The predicted octanol–water partition coefficient (Wildman–Crippen LogP) is -0.210. The van der Waals surface area contributed by atoms with Gasteiger partial charge in [-0.1, -0.05) is 58.0 Å². The third-order valence-corrected chi connectivity index (χ3v) is 5.07. The number of aliphatic hydroxyl groups excluding tert-OH is 1. The van der Waals surface area contributed by atoms with Gasteiger partial charge in [-0.05, 0) is 23.8 Å². The summed E-state index contributed by atoms with van der Waals surface area (Å²) in [7, 11) is 0. The Morgan fingerprint density at radius 2 is 1.36 bits per heavy atom. The summed E-state index contributed by atoms with van der Waals surface area (Å²) in [5.74, 6) is -3.29. The molecule has 0 spiro atoms. The van der Waals surface area contributed by atoms with E-state index in [4.69, 9.17) is 10.8 Å². The Kier molecular flexibility index (Phi) is 11.5. The van der Waals surface area contributed by atoms with E-state index in [0.29, 0.717) is 6.42 Å². The molecule has 0 aliphatic heterocycles. The molecule has 0 radical (unpaired) electrons. The lowest BCUT2D eigenvalue weighted by Gasteiger charge is -2.26. The molecule has 1 rings (SSSR count). The first-order chi connectivity index (χ1) is 15.5. The second-order valence-electron chi connectivity index (χ2n) is 8.79. The van der Waals surface area contributed by atoms with Crippen LogP contribution in [0.15, 0.2) is 30.3 Å². The number of carbonyl (C=O) groups excluding carboxylic acids is 3. The first-order valence-electron chi connectivity index (χ1n) is 11.0. The van der Waals surface area contributed by atoms with Gasteiger partial charge >= 0.3 is 5.97 Å². The number of hydrogen-bond donors (Lipinski definition) is 6. The van der Waals surface area contributed by atoms with E-state index >= 15 is 0 Å². The molecule has 0 aliphatic rings. The standard InChI is InChI=1S/C23H36N4O6/c1-13(2)10-16(26-22(31)19(24)14(3)4)20(29)25-17(11-15-8-6-5-7-9-15)21(30)27-18(12-28)23(32)33/h5-9,13-14,16-19,28H,10-12,24H2,1-4H3,(H,25,29)(H,26,31)(H,27,30)(H,32,33). The van der Waals surface area contributed by atoms with Gasteiger partial charge in [0.25, 0.3) is 0 Å². The van der Waals surface area contributed by atoms with Gasteiger partial charge < -0.3 is 31.9 Å². The fraction of sp³-hybridized carbons (Fsp3) is 0.565. The van der Waals surface area contributed by atoms with Gasteiger partial charge in [-0.3, -0.25) is 14.4 Å². The molecule has 1 aromatic rings. The molecule has 3 amide bonds. The monoisotopic (exact) mass is 464 g/mol. The number of benzene rings is 1. The molecule has 0 aliphatic carbocycles. The summed E-state index contributed by atoms with van der Waals surface area (Å²) in [5, 5.41) is 25.9. The summed E-state index contributed by atoms with van der Waals surface area (Å²) in [5.41, 5.74) is 6.64. The summed E-state index contributed by atoms with van der Waals surface area (Å²) in [6.07, 6.45) is 0.403. The van der Waals surface area contributed by atoms with Crippen LogP contribution >= 0.6 is 0 Å². The molecule has 33 heavy (non-hydrogen) atoms. The zero-order valence-corrected chi connectivity index (χ0v) is 19.6. The number of aliphatic carboxylic acids is 1. The Hall–Kier alpha value is -2.98. The second kappa shape index (κ2) is 13.5. The minimum Gasteiger partial charge on any atom is -0.480 e. The number of rotatable bonds is 13. The smallest absolute Gasteiger partial charge is 0.328 e. The maximum absolute atomic E-state index is 13.1. The van der Waals surface area contributed by atoms with Crippen LogP contribution in [0.3, 0.4) is 0 Å². The maximum atomic E-state index is 13.1. The summed E-state index contributed by atoms with van der Waals surface area (Å²) in [4.78, 5) is 49.6. The van der Waals surface area contributed by atoms with Gasteiger partial charge in [-0.2, -0.15) is 0 Å². The summed E-state index contributed by atoms with van der Waals surface area (Å²) in [6, 6.07) is 4.52. The van der Waals surface area contributed by atoms with Crippen molar-refractivity contribution in [1.29, 1.82) is 0 Å². The minimum atomic E-state index is -1.51. The highest BCUT2D eigenvalue weighted by atomic mass is 16.4. The van der Waals surface area contributed by atoms with Gasteiger partial charge in [0.1, 0.15) is 18.1 Å². The van der Waals surface area contributed by atoms with E-state index in [9.17, 15) is 24.3 Å². The van der Waals surface area contributed by atoms with E-state index in [-0.39, 0.29) is 18.3 Å². The number of carboxylic acids is 1. The lowest BCUT2D eigenvalue weighted by Crippen LogP contribution is -2.58. The van der Waals surface area contributed by atoms with Gasteiger partial charge in [-0.15, -0.1) is 0 Å². The SMILES string of the molecule is CC(C)CC(NC(=O)C(N)C(C)C)C(=O)NC(Cc1ccccc1)C(=O)NC(CO)C(=O)O. The van der Waals surface area contributed by atoms with Gasteiger partial charge in [0.05, 0.1) is 12.6 Å². The molecule has 0 aromatic heterocycles. The average Bonchev–Trinajstić information content (AvgIpc) is 2.75. The van der Waals surface area contributed by atoms with Gasteiger partial charge in [0, 0.05) is 6.42 Å². The van der Waals surface area contributed by atoms with E-state index in [0.717, 1.165) is 5.56 Å². The van der Waals surface area contributed by atoms with Crippen molar-refractivity contribution in [2.75, 3.05) is 6.61 Å². The molecular formula is C23H36N4O6. The second-order valence-corrected chi connectivity index (χ2v) is 8.79. The van der Waals surface area contributed by atoms with Gasteiger partial charge in [0.15, 0.2) is 0 Å². The van der Waals surface area contributed by atoms with Crippen molar-refractivity contribution in [3.05, 3.63) is 35.9 Å². The van der Waals surface area contributed by atoms with Crippen LogP contribution in [0.4, 0.5) is 0 Å². The Morgan fingerprint density at radius 1 is 0.848 bits per heavy atom. The molecule has 0 saturated carbocycles. The van der Waals surface area contributed by atoms with Crippen LogP contribution in [-0.4, -0.2) is 64.7 Å². The van der Waals surface area contributed by atoms with E-state index in [1.54, 1.807) is 44.2 Å². The molecule has 0 fully saturated rings. The van der Waals surface area contributed by atoms with Crippen LogP contribution in [-0.2, 0) is 25.6 Å². The maximum Gasteiger partial charge on any atom is 0.328 e. The first kappa shape index (κ1) is 28.1. The third kappa shape index (κ3) is 9.58. The molecule has 4 unspecified atom stereocenters. The van der Waals surface area contributed by atoms with Crippen LogP contribution in [0, 0.1) is 11.8 Å². The van der Waals surface area contributed by atoms with Gasteiger partial charge in [-0.25, -0.2) is 4.79 Å². The fourth-order valence-electron chi connectivity index (χ4n) is 3.06. The number of hydrogen-bond acceptors (Lipinski definition) is 6. The Balaban J connectivity index is 3.09. The largest absolute Gasteiger partial charge is 0.480 e. The molecule has 184 valence electrons. The van der Waals surface area contributed by atoms with Crippen LogP contribution in [0.5, 0.6) is 0 Å². The Morgan fingerprint density at radius 3 is 1.85 bits per heavy atom.